The number of aryl methyl sites for hydroxylation is 1. The van der Waals surface area contributed by atoms with Gasteiger partial charge in [-0.1, -0.05) is 30.7 Å². The van der Waals surface area contributed by atoms with Gasteiger partial charge in [-0.3, -0.25) is 9.59 Å². The zero-order chi connectivity index (χ0) is 20.6. The lowest BCUT2D eigenvalue weighted by atomic mass is 10.1. The second-order valence-corrected chi connectivity index (χ2v) is 6.66. The minimum atomic E-state index is -0.630. The zero-order valence-corrected chi connectivity index (χ0v) is 16.5. The number of benzene rings is 2. The molecule has 0 saturated heterocycles. The Morgan fingerprint density at radius 2 is 1.86 bits per heavy atom. The van der Waals surface area contributed by atoms with Gasteiger partial charge in [-0.15, -0.1) is 0 Å². The number of rotatable bonds is 8. The number of hydrogen-bond donors (Lipinski definition) is 2. The number of carbonyl (C=O) groups is 2. The minimum absolute atomic E-state index is 0.250. The highest BCUT2D eigenvalue weighted by molar-refractivity contribution is 5.98. The van der Waals surface area contributed by atoms with Crippen LogP contribution in [0.25, 0.3) is 0 Å². The molecule has 1 heterocycles. The summed E-state index contributed by atoms with van der Waals surface area (Å²) in [5, 5.41) is 5.61. The summed E-state index contributed by atoms with van der Waals surface area (Å²) in [6.45, 7) is 4.17. The summed E-state index contributed by atoms with van der Waals surface area (Å²) >= 11 is 0. The van der Waals surface area contributed by atoms with E-state index >= 15 is 0 Å². The first-order valence-corrected chi connectivity index (χ1v) is 9.50. The Labute approximate surface area is 169 Å². The second-order valence-electron chi connectivity index (χ2n) is 6.66. The van der Waals surface area contributed by atoms with E-state index in [0.717, 1.165) is 5.56 Å². The number of amides is 2. The van der Waals surface area contributed by atoms with Crippen molar-refractivity contribution in [2.24, 2.45) is 0 Å². The van der Waals surface area contributed by atoms with E-state index in [9.17, 15) is 9.59 Å². The van der Waals surface area contributed by atoms with Gasteiger partial charge >= 0.3 is 0 Å². The Hall–Kier alpha value is -3.54. The topological polar surface area (TPSA) is 80.6 Å². The highest BCUT2D eigenvalue weighted by Crippen LogP contribution is 2.17. The van der Waals surface area contributed by atoms with Crippen molar-refractivity contribution in [3.8, 4) is 5.75 Å². The Morgan fingerprint density at radius 1 is 1.07 bits per heavy atom. The van der Waals surface area contributed by atoms with Gasteiger partial charge in [0.05, 0.1) is 12.8 Å². The van der Waals surface area contributed by atoms with E-state index in [1.54, 1.807) is 42.7 Å². The summed E-state index contributed by atoms with van der Waals surface area (Å²) in [7, 11) is 0. The SMILES string of the molecule is CCC(Oc1ccc(C)cc1)C(=O)Nc1cccc(C(=O)NCc2ccco2)c1. The molecule has 1 unspecified atom stereocenters. The molecule has 0 spiro atoms. The van der Waals surface area contributed by atoms with Crippen LogP contribution in [0.1, 0.15) is 35.0 Å². The van der Waals surface area contributed by atoms with Crippen LogP contribution in [-0.4, -0.2) is 17.9 Å². The van der Waals surface area contributed by atoms with Crippen molar-refractivity contribution in [2.45, 2.75) is 32.9 Å². The van der Waals surface area contributed by atoms with E-state index in [1.807, 2.05) is 38.1 Å². The molecule has 1 aromatic heterocycles. The van der Waals surface area contributed by atoms with Gasteiger partial charge in [0.1, 0.15) is 11.5 Å². The van der Waals surface area contributed by atoms with Crippen LogP contribution < -0.4 is 15.4 Å². The van der Waals surface area contributed by atoms with Gasteiger partial charge in [0, 0.05) is 11.3 Å². The summed E-state index contributed by atoms with van der Waals surface area (Å²) in [6.07, 6.45) is 1.44. The van der Waals surface area contributed by atoms with E-state index in [0.29, 0.717) is 35.7 Å². The van der Waals surface area contributed by atoms with Gasteiger partial charge < -0.3 is 19.8 Å². The quantitative estimate of drug-likeness (QED) is 0.598. The smallest absolute Gasteiger partial charge is 0.265 e. The summed E-state index contributed by atoms with van der Waals surface area (Å²) in [5.74, 6) is 0.798. The number of carbonyl (C=O) groups excluding carboxylic acids is 2. The maximum atomic E-state index is 12.6. The molecule has 0 aliphatic rings. The number of nitrogens with one attached hydrogen (secondary N) is 2. The van der Waals surface area contributed by atoms with Crippen LogP contribution in [0.2, 0.25) is 0 Å². The third-order valence-electron chi connectivity index (χ3n) is 4.36. The van der Waals surface area contributed by atoms with E-state index in [4.69, 9.17) is 9.15 Å². The number of anilines is 1. The summed E-state index contributed by atoms with van der Waals surface area (Å²) in [4.78, 5) is 25.0. The molecule has 2 N–H and O–H groups in total. The third kappa shape index (κ3) is 5.72. The predicted octanol–water partition coefficient (Wildman–Crippen LogP) is 4.31. The van der Waals surface area contributed by atoms with Crippen molar-refractivity contribution in [2.75, 3.05) is 5.32 Å². The fourth-order valence-electron chi connectivity index (χ4n) is 2.75. The molecular weight excluding hydrogens is 368 g/mol. The molecule has 0 bridgehead atoms. The van der Waals surface area contributed by atoms with Crippen LogP contribution in [0.15, 0.2) is 71.3 Å². The highest BCUT2D eigenvalue weighted by atomic mass is 16.5. The highest BCUT2D eigenvalue weighted by Gasteiger charge is 2.19. The minimum Gasteiger partial charge on any atom is -0.481 e. The Bertz CT molecular complexity index is 949. The second kappa shape index (κ2) is 9.59. The number of ether oxygens (including phenoxy) is 1. The monoisotopic (exact) mass is 392 g/mol. The molecule has 0 fully saturated rings. The molecule has 1 atom stereocenters. The Kier molecular flexibility index (Phi) is 6.68. The van der Waals surface area contributed by atoms with Crippen LogP contribution in [0.5, 0.6) is 5.75 Å². The van der Waals surface area contributed by atoms with Crippen LogP contribution in [-0.2, 0) is 11.3 Å². The lowest BCUT2D eigenvalue weighted by Gasteiger charge is -2.17. The Morgan fingerprint density at radius 3 is 2.55 bits per heavy atom. The molecule has 0 aliphatic heterocycles. The molecule has 0 radical (unpaired) electrons. The standard InChI is InChI=1S/C23H24N2O4/c1-3-21(29-19-11-9-16(2)10-12-19)23(27)25-18-7-4-6-17(14-18)22(26)24-15-20-8-5-13-28-20/h4-14,21H,3,15H2,1-2H3,(H,24,26)(H,25,27). The molecule has 150 valence electrons. The average molecular weight is 392 g/mol. The summed E-state index contributed by atoms with van der Waals surface area (Å²) in [6, 6.07) is 17.9. The largest absolute Gasteiger partial charge is 0.481 e. The maximum Gasteiger partial charge on any atom is 0.265 e. The predicted molar refractivity (Wildman–Crippen MR) is 111 cm³/mol. The van der Waals surface area contributed by atoms with Crippen LogP contribution >= 0.6 is 0 Å². The summed E-state index contributed by atoms with van der Waals surface area (Å²) < 4.78 is 11.0. The van der Waals surface area contributed by atoms with Gasteiger partial charge in [-0.25, -0.2) is 0 Å². The molecule has 3 rings (SSSR count). The first-order chi connectivity index (χ1) is 14.0. The van der Waals surface area contributed by atoms with E-state index < -0.39 is 6.10 Å². The van der Waals surface area contributed by atoms with Crippen LogP contribution in [0.3, 0.4) is 0 Å². The van der Waals surface area contributed by atoms with Gasteiger partial charge in [-0.2, -0.15) is 0 Å². The molecule has 29 heavy (non-hydrogen) atoms. The van der Waals surface area contributed by atoms with Crippen LogP contribution in [0, 0.1) is 6.92 Å². The van der Waals surface area contributed by atoms with Crippen molar-refractivity contribution >= 4 is 17.5 Å². The first-order valence-electron chi connectivity index (χ1n) is 9.50. The first kappa shape index (κ1) is 20.2. The fourth-order valence-corrected chi connectivity index (χ4v) is 2.75. The lowest BCUT2D eigenvalue weighted by Crippen LogP contribution is -2.32. The molecular formula is C23H24N2O4. The van der Waals surface area contributed by atoms with Crippen LogP contribution in [0.4, 0.5) is 5.69 Å². The molecule has 3 aromatic rings. The Balaban J connectivity index is 1.61. The molecule has 6 heteroatoms. The maximum absolute atomic E-state index is 12.6. The van der Waals surface area contributed by atoms with Gasteiger partial charge in [0.15, 0.2) is 6.10 Å². The van der Waals surface area contributed by atoms with Gasteiger partial charge in [0.25, 0.3) is 11.8 Å². The number of furan rings is 1. The van der Waals surface area contributed by atoms with Crippen molar-refractivity contribution in [1.29, 1.82) is 0 Å². The van der Waals surface area contributed by atoms with Crippen molar-refractivity contribution in [3.05, 3.63) is 83.8 Å². The lowest BCUT2D eigenvalue weighted by molar-refractivity contribution is -0.122. The number of hydrogen-bond acceptors (Lipinski definition) is 4. The van der Waals surface area contributed by atoms with Gasteiger partial charge in [-0.05, 0) is 55.8 Å². The van der Waals surface area contributed by atoms with Gasteiger partial charge in [0.2, 0.25) is 0 Å². The summed E-state index contributed by atoms with van der Waals surface area (Å²) in [5.41, 5.74) is 2.10. The molecule has 2 amide bonds. The van der Waals surface area contributed by atoms with E-state index in [1.165, 1.54) is 0 Å². The third-order valence-corrected chi connectivity index (χ3v) is 4.36. The molecule has 6 nitrogen and oxygen atoms in total. The van der Waals surface area contributed by atoms with E-state index in [-0.39, 0.29) is 11.8 Å². The van der Waals surface area contributed by atoms with Crippen molar-refractivity contribution < 1.29 is 18.7 Å². The zero-order valence-electron chi connectivity index (χ0n) is 16.5. The average Bonchev–Trinajstić information content (AvgIpc) is 3.25. The van der Waals surface area contributed by atoms with E-state index in [2.05, 4.69) is 10.6 Å². The molecule has 2 aromatic carbocycles. The fraction of sp³-hybridized carbons (Fsp3) is 0.217. The van der Waals surface area contributed by atoms with Crippen molar-refractivity contribution in [3.63, 3.8) is 0 Å². The normalized spacial score (nSPS) is 11.5. The van der Waals surface area contributed by atoms with Crippen molar-refractivity contribution in [1.82, 2.24) is 5.32 Å². The molecule has 0 aliphatic carbocycles. The molecule has 0 saturated carbocycles.